The molecule has 0 bridgehead atoms. The van der Waals surface area contributed by atoms with Crippen LogP contribution in [-0.2, 0) is 12.1 Å². The molecule has 1 unspecified atom stereocenters. The number of pyridine rings is 2. The number of aliphatic hydroxyl groups excluding tert-OH is 1. The first kappa shape index (κ1) is 26.7. The lowest BCUT2D eigenvalue weighted by molar-refractivity contribution is 0.0779. The van der Waals surface area contributed by atoms with Gasteiger partial charge in [0.2, 0.25) is 0 Å². The molecule has 1 aromatic carbocycles. The maximum Gasteiger partial charge on any atom is 0.270 e. The van der Waals surface area contributed by atoms with E-state index in [0.29, 0.717) is 28.9 Å². The van der Waals surface area contributed by atoms with Gasteiger partial charge in [0.1, 0.15) is 17.7 Å². The number of carbonyl (C=O) groups excluding carboxylic acids is 1. The van der Waals surface area contributed by atoms with Crippen molar-refractivity contribution >= 4 is 22.8 Å². The summed E-state index contributed by atoms with van der Waals surface area (Å²) < 4.78 is 15.2. The minimum Gasteiger partial charge on any atom is -0.386 e. The molecule has 0 radical (unpaired) electrons. The number of nitrogens with zero attached hydrogens (tertiary/aromatic N) is 4. The first-order valence-corrected chi connectivity index (χ1v) is 12.9. The predicted octanol–water partition coefficient (Wildman–Crippen LogP) is 2.82. The summed E-state index contributed by atoms with van der Waals surface area (Å²) in [5.74, 6) is -0.146. The highest BCUT2D eigenvalue weighted by atomic mass is 19.1. The van der Waals surface area contributed by atoms with Gasteiger partial charge < -0.3 is 20.4 Å². The van der Waals surface area contributed by atoms with Crippen molar-refractivity contribution in [2.75, 3.05) is 18.0 Å². The number of H-pyrrole nitrogens is 1. The third kappa shape index (κ3) is 5.75. The van der Waals surface area contributed by atoms with Gasteiger partial charge >= 0.3 is 0 Å². The number of hydrogen-bond acceptors (Lipinski definition) is 8. The number of rotatable bonds is 8. The largest absolute Gasteiger partial charge is 0.386 e. The highest BCUT2D eigenvalue weighted by Gasteiger charge is 2.27. The van der Waals surface area contributed by atoms with Crippen LogP contribution in [0.4, 0.5) is 10.2 Å². The molecule has 3 aromatic heterocycles. The van der Waals surface area contributed by atoms with Crippen molar-refractivity contribution in [1.82, 2.24) is 30.8 Å². The van der Waals surface area contributed by atoms with Gasteiger partial charge in [0.25, 0.3) is 5.91 Å². The summed E-state index contributed by atoms with van der Waals surface area (Å²) in [7, 11) is 0. The van der Waals surface area contributed by atoms with E-state index in [1.165, 1.54) is 18.3 Å². The maximum atomic E-state index is 15.2. The quantitative estimate of drug-likeness (QED) is 0.218. The van der Waals surface area contributed by atoms with E-state index >= 15 is 4.39 Å². The topological polar surface area (TPSA) is 139 Å². The number of benzene rings is 1. The van der Waals surface area contributed by atoms with Crippen molar-refractivity contribution in [2.45, 2.75) is 51.6 Å². The van der Waals surface area contributed by atoms with Gasteiger partial charge in [-0.3, -0.25) is 20.2 Å². The molecule has 1 fully saturated rings. The van der Waals surface area contributed by atoms with Gasteiger partial charge in [-0.05, 0) is 56.5 Å². The zero-order valence-electron chi connectivity index (χ0n) is 22.1. The van der Waals surface area contributed by atoms with Crippen LogP contribution in [0.1, 0.15) is 48.8 Å². The van der Waals surface area contributed by atoms with E-state index in [-0.39, 0.29) is 18.3 Å². The van der Waals surface area contributed by atoms with E-state index in [4.69, 9.17) is 0 Å². The standard InChI is InChI=1S/C28H32FN7O3/c1-16(37)33-20-9-11-36(15-20)26-24-21(8-10-30-25(24)34-35-26)17-4-5-18(22(29)12-17)13-32-27(38)23-7-6-19(14-31-23)28(2,3)39/h4-8,10,12,14,16,20,33,37,39H,9,11,13,15H2,1-3H3,(H,32,38)(H,30,34,35)/t16?,20-/m1/s1. The fraction of sp³-hybridized carbons (Fsp3) is 0.357. The lowest BCUT2D eigenvalue weighted by atomic mass is 10.0. The molecule has 2 atom stereocenters. The Morgan fingerprint density at radius 2 is 2.08 bits per heavy atom. The third-order valence-corrected chi connectivity index (χ3v) is 6.91. The van der Waals surface area contributed by atoms with Gasteiger partial charge in [-0.2, -0.15) is 5.10 Å². The number of nitrogens with one attached hydrogen (secondary N) is 3. The number of hydrogen-bond donors (Lipinski definition) is 5. The lowest BCUT2D eigenvalue weighted by Crippen LogP contribution is -2.38. The Labute approximate surface area is 225 Å². The second kappa shape index (κ2) is 10.7. The molecule has 39 heavy (non-hydrogen) atoms. The van der Waals surface area contributed by atoms with E-state index in [1.807, 2.05) is 12.1 Å². The minimum absolute atomic E-state index is 0.00592. The van der Waals surface area contributed by atoms with Gasteiger partial charge in [-0.1, -0.05) is 18.2 Å². The van der Waals surface area contributed by atoms with Crippen LogP contribution < -0.4 is 15.5 Å². The smallest absolute Gasteiger partial charge is 0.270 e. The van der Waals surface area contributed by atoms with Crippen LogP contribution in [0.25, 0.3) is 22.2 Å². The van der Waals surface area contributed by atoms with Crippen molar-refractivity contribution in [3.05, 3.63) is 71.4 Å². The Hall–Kier alpha value is -3.93. The summed E-state index contributed by atoms with van der Waals surface area (Å²) in [6.07, 6.45) is 3.38. The van der Waals surface area contributed by atoms with Crippen molar-refractivity contribution in [1.29, 1.82) is 0 Å². The van der Waals surface area contributed by atoms with E-state index in [9.17, 15) is 15.0 Å². The fourth-order valence-corrected chi connectivity index (χ4v) is 4.85. The monoisotopic (exact) mass is 533 g/mol. The van der Waals surface area contributed by atoms with Crippen LogP contribution in [-0.4, -0.2) is 61.6 Å². The van der Waals surface area contributed by atoms with Gasteiger partial charge in [0.15, 0.2) is 11.5 Å². The molecule has 1 aliphatic heterocycles. The number of carbonyl (C=O) groups is 1. The van der Waals surface area contributed by atoms with E-state index in [0.717, 1.165) is 29.7 Å². The van der Waals surface area contributed by atoms with Crippen LogP contribution in [0, 0.1) is 5.82 Å². The van der Waals surface area contributed by atoms with Crippen molar-refractivity contribution < 1.29 is 19.4 Å². The van der Waals surface area contributed by atoms with Crippen LogP contribution in [0.5, 0.6) is 0 Å². The van der Waals surface area contributed by atoms with E-state index < -0.39 is 23.6 Å². The van der Waals surface area contributed by atoms with Crippen LogP contribution in [0.3, 0.4) is 0 Å². The fourth-order valence-electron chi connectivity index (χ4n) is 4.85. The molecule has 10 nitrogen and oxygen atoms in total. The summed E-state index contributed by atoms with van der Waals surface area (Å²) in [6.45, 7) is 6.42. The van der Waals surface area contributed by atoms with Gasteiger partial charge in [0, 0.05) is 49.2 Å². The Morgan fingerprint density at radius 3 is 2.77 bits per heavy atom. The number of anilines is 1. The normalized spacial score (nSPS) is 16.6. The second-order valence-electron chi connectivity index (χ2n) is 10.4. The predicted molar refractivity (Wildman–Crippen MR) is 145 cm³/mol. The summed E-state index contributed by atoms with van der Waals surface area (Å²) >= 11 is 0. The average Bonchev–Trinajstić information content (AvgIpc) is 3.53. The molecule has 0 spiro atoms. The number of aromatic amines is 1. The molecule has 0 aliphatic carbocycles. The van der Waals surface area contributed by atoms with Gasteiger partial charge in [-0.25, -0.2) is 9.37 Å². The first-order valence-electron chi connectivity index (χ1n) is 12.9. The zero-order chi connectivity index (χ0) is 27.7. The van der Waals surface area contributed by atoms with Crippen LogP contribution in [0.2, 0.25) is 0 Å². The van der Waals surface area contributed by atoms with E-state index in [2.05, 4.69) is 35.7 Å². The molecule has 204 valence electrons. The summed E-state index contributed by atoms with van der Waals surface area (Å²) in [5.41, 5.74) is 2.11. The molecule has 4 aromatic rings. The molecule has 11 heteroatoms. The Kier molecular flexibility index (Phi) is 7.30. The SMILES string of the molecule is CC(O)N[C@@H]1CCN(c2n[nH]c3nccc(-c4ccc(CNC(=O)c5ccc(C(C)(C)O)cn5)c(F)c4)c23)C1. The summed E-state index contributed by atoms with van der Waals surface area (Å²) in [5, 5.41) is 33.9. The third-order valence-electron chi connectivity index (χ3n) is 6.91. The molecule has 5 N–H and O–H groups in total. The molecular formula is C28H32FN7O3. The Bertz CT molecular complexity index is 1480. The summed E-state index contributed by atoms with van der Waals surface area (Å²) in [4.78, 5) is 23.2. The number of aliphatic hydroxyl groups is 2. The number of halogens is 1. The van der Waals surface area contributed by atoms with E-state index in [1.54, 1.807) is 39.1 Å². The highest BCUT2D eigenvalue weighted by Crippen LogP contribution is 2.35. The zero-order valence-corrected chi connectivity index (χ0v) is 22.1. The van der Waals surface area contributed by atoms with Gasteiger partial charge in [-0.15, -0.1) is 0 Å². The molecule has 1 aliphatic rings. The lowest BCUT2D eigenvalue weighted by Gasteiger charge is -2.18. The maximum absolute atomic E-state index is 15.2. The number of aromatic nitrogens is 4. The Balaban J connectivity index is 1.33. The van der Waals surface area contributed by atoms with Crippen LogP contribution >= 0.6 is 0 Å². The highest BCUT2D eigenvalue weighted by molar-refractivity contribution is 6.00. The molecule has 4 heterocycles. The van der Waals surface area contributed by atoms with Crippen molar-refractivity contribution in [3.63, 3.8) is 0 Å². The second-order valence-corrected chi connectivity index (χ2v) is 10.4. The average molecular weight is 534 g/mol. The van der Waals surface area contributed by atoms with Crippen molar-refractivity contribution in [3.8, 4) is 11.1 Å². The minimum atomic E-state index is -1.06. The van der Waals surface area contributed by atoms with Crippen LogP contribution in [0.15, 0.2) is 48.8 Å². The number of amides is 1. The molecule has 1 saturated heterocycles. The summed E-state index contributed by atoms with van der Waals surface area (Å²) in [6, 6.07) is 10.1. The molecule has 5 rings (SSSR count). The number of fused-ring (bicyclic) bond motifs is 1. The Morgan fingerprint density at radius 1 is 1.26 bits per heavy atom. The van der Waals surface area contributed by atoms with Gasteiger partial charge in [0.05, 0.1) is 11.0 Å². The molecular weight excluding hydrogens is 501 g/mol. The first-order chi connectivity index (χ1) is 18.6. The van der Waals surface area contributed by atoms with Crippen molar-refractivity contribution in [2.24, 2.45) is 0 Å². The molecule has 0 saturated carbocycles. The molecule has 1 amide bonds.